The smallest absolute Gasteiger partial charge is 0.251 e. The number of carbonyl (C=O) groups excluding carboxylic acids is 1. The molecule has 2 nitrogen and oxygen atoms in total. The average molecular weight is 309 g/mol. The number of hydrogen-bond donors (Lipinski definition) is 1. The second-order valence-electron chi connectivity index (χ2n) is 3.45. The Labute approximate surface area is 107 Å². The molecular formula is C11H12BrClFNO. The number of benzene rings is 1. The molecule has 0 radical (unpaired) electrons. The Balaban J connectivity index is 2.56. The van der Waals surface area contributed by atoms with E-state index in [1.807, 2.05) is 6.92 Å². The van der Waals surface area contributed by atoms with Gasteiger partial charge in [0.15, 0.2) is 0 Å². The predicted octanol–water partition coefficient (Wildman–Crippen LogP) is 3.38. The van der Waals surface area contributed by atoms with Crippen LogP contribution >= 0.6 is 27.5 Å². The minimum Gasteiger partial charge on any atom is -0.352 e. The van der Waals surface area contributed by atoms with Gasteiger partial charge in [0.2, 0.25) is 0 Å². The number of halogens is 3. The second kappa shape index (κ2) is 6.21. The summed E-state index contributed by atoms with van der Waals surface area (Å²) in [5.41, 5.74) is 0.369. The lowest BCUT2D eigenvalue weighted by atomic mass is 10.2. The summed E-state index contributed by atoms with van der Waals surface area (Å²) in [5.74, 6) is -0.762. The summed E-state index contributed by atoms with van der Waals surface area (Å²) in [6.45, 7) is 2.57. The van der Waals surface area contributed by atoms with Crippen molar-refractivity contribution >= 4 is 33.4 Å². The first kappa shape index (κ1) is 13.5. The van der Waals surface area contributed by atoms with Gasteiger partial charge in [-0.15, -0.1) is 0 Å². The van der Waals surface area contributed by atoms with Crippen LogP contribution in [0, 0.1) is 5.82 Å². The van der Waals surface area contributed by atoms with Gasteiger partial charge in [-0.25, -0.2) is 4.39 Å². The van der Waals surface area contributed by atoms with Crippen molar-refractivity contribution in [1.29, 1.82) is 0 Å². The fourth-order valence-electron chi connectivity index (χ4n) is 1.12. The molecule has 1 rings (SSSR count). The first-order valence-electron chi connectivity index (χ1n) is 4.88. The van der Waals surface area contributed by atoms with E-state index in [9.17, 15) is 9.18 Å². The number of amides is 1. The van der Waals surface area contributed by atoms with Gasteiger partial charge in [0.1, 0.15) is 5.82 Å². The van der Waals surface area contributed by atoms with Crippen molar-refractivity contribution < 1.29 is 9.18 Å². The Morgan fingerprint density at radius 2 is 2.31 bits per heavy atom. The normalized spacial score (nSPS) is 12.2. The Kier molecular flexibility index (Phi) is 5.22. The molecule has 0 saturated heterocycles. The summed E-state index contributed by atoms with van der Waals surface area (Å²) in [6.07, 6.45) is 0.834. The van der Waals surface area contributed by atoms with Crippen molar-refractivity contribution in [3.05, 3.63) is 34.6 Å². The van der Waals surface area contributed by atoms with E-state index in [2.05, 4.69) is 21.2 Å². The highest BCUT2D eigenvalue weighted by atomic mass is 79.9. The minimum absolute atomic E-state index is 0.0403. The standard InChI is InChI=1S/C11H12BrClFNO/c1-7(12)4-5-15-11(16)8-2-3-10(14)9(13)6-8/h2-3,6-7H,4-5H2,1H3,(H,15,16). The molecule has 0 fully saturated rings. The van der Waals surface area contributed by atoms with Crippen LogP contribution in [0.3, 0.4) is 0 Å². The van der Waals surface area contributed by atoms with Gasteiger partial charge in [0, 0.05) is 16.9 Å². The van der Waals surface area contributed by atoms with Crippen molar-refractivity contribution in [2.45, 2.75) is 18.2 Å². The number of hydrogen-bond acceptors (Lipinski definition) is 1. The lowest BCUT2D eigenvalue weighted by Crippen LogP contribution is -2.25. The van der Waals surface area contributed by atoms with Gasteiger partial charge in [0.05, 0.1) is 5.02 Å². The van der Waals surface area contributed by atoms with Crippen LogP contribution in [0.2, 0.25) is 5.02 Å². The fraction of sp³-hybridized carbons (Fsp3) is 0.364. The van der Waals surface area contributed by atoms with Crippen molar-refractivity contribution in [1.82, 2.24) is 5.32 Å². The van der Waals surface area contributed by atoms with Gasteiger partial charge < -0.3 is 5.32 Å². The fourth-order valence-corrected chi connectivity index (χ4v) is 1.53. The van der Waals surface area contributed by atoms with Gasteiger partial charge >= 0.3 is 0 Å². The molecule has 0 aliphatic rings. The Morgan fingerprint density at radius 3 is 2.88 bits per heavy atom. The molecule has 1 aromatic carbocycles. The van der Waals surface area contributed by atoms with E-state index in [0.717, 1.165) is 6.42 Å². The zero-order chi connectivity index (χ0) is 12.1. The molecule has 0 saturated carbocycles. The molecule has 1 atom stereocenters. The Morgan fingerprint density at radius 1 is 1.62 bits per heavy atom. The van der Waals surface area contributed by atoms with Crippen LogP contribution in [0.1, 0.15) is 23.7 Å². The van der Waals surface area contributed by atoms with E-state index in [4.69, 9.17) is 11.6 Å². The molecule has 1 unspecified atom stereocenters. The Hall–Kier alpha value is -0.610. The summed E-state index contributed by atoms with van der Waals surface area (Å²) in [6, 6.07) is 3.92. The topological polar surface area (TPSA) is 29.1 Å². The molecule has 1 amide bonds. The lowest BCUT2D eigenvalue weighted by Gasteiger charge is -2.06. The molecule has 1 N–H and O–H groups in total. The molecule has 5 heteroatoms. The molecule has 0 spiro atoms. The molecule has 1 aromatic rings. The van der Waals surface area contributed by atoms with Crippen LogP contribution in [0.4, 0.5) is 4.39 Å². The molecule has 0 bridgehead atoms. The van der Waals surface area contributed by atoms with Crippen LogP contribution < -0.4 is 5.32 Å². The summed E-state index contributed by atoms with van der Waals surface area (Å²) in [5, 5.41) is 2.69. The van der Waals surface area contributed by atoms with Gasteiger partial charge in [-0.05, 0) is 24.6 Å². The molecule has 0 aliphatic carbocycles. The average Bonchev–Trinajstić information content (AvgIpc) is 2.21. The van der Waals surface area contributed by atoms with Gasteiger partial charge in [-0.3, -0.25) is 4.79 Å². The van der Waals surface area contributed by atoms with E-state index < -0.39 is 5.82 Å². The van der Waals surface area contributed by atoms with Crippen molar-refractivity contribution in [2.24, 2.45) is 0 Å². The first-order valence-corrected chi connectivity index (χ1v) is 6.17. The van der Waals surface area contributed by atoms with Gasteiger partial charge in [-0.2, -0.15) is 0 Å². The highest BCUT2D eigenvalue weighted by Gasteiger charge is 2.08. The lowest BCUT2D eigenvalue weighted by molar-refractivity contribution is 0.0953. The van der Waals surface area contributed by atoms with Crippen LogP contribution in [-0.2, 0) is 0 Å². The first-order chi connectivity index (χ1) is 7.50. The number of rotatable bonds is 4. The maximum atomic E-state index is 12.9. The van der Waals surface area contributed by atoms with Crippen molar-refractivity contribution in [3.63, 3.8) is 0 Å². The Bertz CT molecular complexity index is 384. The second-order valence-corrected chi connectivity index (χ2v) is 5.42. The van der Waals surface area contributed by atoms with Gasteiger partial charge in [0.25, 0.3) is 5.91 Å². The third-order valence-corrected chi connectivity index (χ3v) is 2.76. The van der Waals surface area contributed by atoms with Crippen LogP contribution in [0.5, 0.6) is 0 Å². The summed E-state index contributed by atoms with van der Waals surface area (Å²) >= 11 is 8.96. The van der Waals surface area contributed by atoms with E-state index in [0.29, 0.717) is 16.9 Å². The largest absolute Gasteiger partial charge is 0.352 e. The molecule has 0 heterocycles. The molecule has 0 aliphatic heterocycles. The maximum absolute atomic E-state index is 12.9. The zero-order valence-electron chi connectivity index (χ0n) is 8.77. The third kappa shape index (κ3) is 4.10. The van der Waals surface area contributed by atoms with E-state index in [1.165, 1.54) is 18.2 Å². The van der Waals surface area contributed by atoms with Gasteiger partial charge in [-0.1, -0.05) is 34.5 Å². The molecular weight excluding hydrogens is 296 g/mol. The van der Waals surface area contributed by atoms with Crippen LogP contribution in [0.15, 0.2) is 18.2 Å². The van der Waals surface area contributed by atoms with Crippen molar-refractivity contribution in [2.75, 3.05) is 6.54 Å². The van der Waals surface area contributed by atoms with Crippen molar-refractivity contribution in [3.8, 4) is 0 Å². The molecule has 16 heavy (non-hydrogen) atoms. The predicted molar refractivity (Wildman–Crippen MR) is 66.7 cm³/mol. The van der Waals surface area contributed by atoms with E-state index in [1.54, 1.807) is 0 Å². The zero-order valence-corrected chi connectivity index (χ0v) is 11.1. The molecule has 88 valence electrons. The maximum Gasteiger partial charge on any atom is 0.251 e. The summed E-state index contributed by atoms with van der Waals surface area (Å²) in [7, 11) is 0. The summed E-state index contributed by atoms with van der Waals surface area (Å²) in [4.78, 5) is 11.9. The highest BCUT2D eigenvalue weighted by Crippen LogP contribution is 2.15. The van der Waals surface area contributed by atoms with E-state index in [-0.39, 0.29) is 10.9 Å². The number of nitrogens with one attached hydrogen (secondary N) is 1. The molecule has 0 aromatic heterocycles. The van der Waals surface area contributed by atoms with Crippen LogP contribution in [0.25, 0.3) is 0 Å². The van der Waals surface area contributed by atoms with E-state index >= 15 is 0 Å². The monoisotopic (exact) mass is 307 g/mol. The SMILES string of the molecule is CC(Br)CCNC(=O)c1ccc(F)c(Cl)c1. The number of alkyl halides is 1. The summed E-state index contributed by atoms with van der Waals surface area (Å²) < 4.78 is 12.9. The quantitative estimate of drug-likeness (QED) is 0.849. The highest BCUT2D eigenvalue weighted by molar-refractivity contribution is 9.09. The van der Waals surface area contributed by atoms with Crippen LogP contribution in [-0.4, -0.2) is 17.3 Å². The minimum atomic E-state index is -0.521. The third-order valence-electron chi connectivity index (χ3n) is 2.01. The number of carbonyl (C=O) groups is 1.